The molecule has 3 aromatic heterocycles. The molecule has 9 heteroatoms. The van der Waals surface area contributed by atoms with Crippen LogP contribution in [0.3, 0.4) is 0 Å². The molecule has 0 spiro atoms. The maximum Gasteiger partial charge on any atom is 0.304 e. The van der Waals surface area contributed by atoms with Gasteiger partial charge in [0.05, 0.1) is 18.7 Å². The first-order valence-electron chi connectivity index (χ1n) is 12.0. The van der Waals surface area contributed by atoms with E-state index in [0.717, 1.165) is 62.5 Å². The Hall–Kier alpha value is -2.85. The van der Waals surface area contributed by atoms with Gasteiger partial charge in [0.2, 0.25) is 0 Å². The first kappa shape index (κ1) is 26.2. The third-order valence-electron chi connectivity index (χ3n) is 6.13. The number of rotatable bonds is 9. The molecule has 0 fully saturated rings. The SMILES string of the molecule is CCOCc1cc(Cn2c(=O)ccc3c(CC)nc(CC)cc32)ccc1-c1cc(C)sc1S(=O)(=O)O. The molecule has 7 nitrogen and oxygen atoms in total. The quantitative estimate of drug-likeness (QED) is 0.294. The Labute approximate surface area is 215 Å². The molecule has 1 aromatic carbocycles. The van der Waals surface area contributed by atoms with Crippen LogP contribution in [0, 0.1) is 6.92 Å². The number of benzene rings is 1. The molecule has 0 unspecified atom stereocenters. The fourth-order valence-corrected chi connectivity index (χ4v) is 6.44. The van der Waals surface area contributed by atoms with Crippen LogP contribution in [-0.4, -0.2) is 29.1 Å². The maximum atomic E-state index is 13.0. The topological polar surface area (TPSA) is 98.5 Å². The van der Waals surface area contributed by atoms with Gasteiger partial charge in [0.15, 0.2) is 4.21 Å². The second-order valence-electron chi connectivity index (χ2n) is 8.62. The minimum absolute atomic E-state index is 0.0811. The molecule has 0 aliphatic carbocycles. The molecule has 4 aromatic rings. The Morgan fingerprint density at radius 3 is 2.47 bits per heavy atom. The van der Waals surface area contributed by atoms with Crippen LogP contribution < -0.4 is 5.56 Å². The first-order chi connectivity index (χ1) is 17.2. The summed E-state index contributed by atoms with van der Waals surface area (Å²) in [6, 6.07) is 12.8. The van der Waals surface area contributed by atoms with Crippen LogP contribution in [0.2, 0.25) is 0 Å². The highest BCUT2D eigenvalue weighted by atomic mass is 32.3. The number of thiophene rings is 1. The monoisotopic (exact) mass is 526 g/mol. The van der Waals surface area contributed by atoms with Gasteiger partial charge in [-0.2, -0.15) is 8.42 Å². The van der Waals surface area contributed by atoms with Crippen LogP contribution in [0.15, 0.2) is 51.5 Å². The van der Waals surface area contributed by atoms with Crippen LogP contribution in [0.25, 0.3) is 22.0 Å². The van der Waals surface area contributed by atoms with Crippen molar-refractivity contribution < 1.29 is 17.7 Å². The van der Waals surface area contributed by atoms with Gasteiger partial charge in [0, 0.05) is 39.9 Å². The predicted octanol–water partition coefficient (Wildman–Crippen LogP) is 5.39. The van der Waals surface area contributed by atoms with Crippen molar-refractivity contribution in [3.8, 4) is 11.1 Å². The zero-order valence-corrected chi connectivity index (χ0v) is 22.5. The second kappa shape index (κ2) is 10.6. The van der Waals surface area contributed by atoms with Crippen molar-refractivity contribution >= 4 is 32.4 Å². The van der Waals surface area contributed by atoms with E-state index in [0.29, 0.717) is 24.3 Å². The lowest BCUT2D eigenvalue weighted by atomic mass is 9.99. The van der Waals surface area contributed by atoms with Gasteiger partial charge in [0.1, 0.15) is 0 Å². The van der Waals surface area contributed by atoms with Gasteiger partial charge < -0.3 is 9.30 Å². The summed E-state index contributed by atoms with van der Waals surface area (Å²) in [5.41, 5.74) is 5.47. The van der Waals surface area contributed by atoms with Gasteiger partial charge in [-0.15, -0.1) is 11.3 Å². The summed E-state index contributed by atoms with van der Waals surface area (Å²) in [5.74, 6) is 0. The molecule has 0 aliphatic rings. The Kier molecular flexibility index (Phi) is 7.75. The molecule has 3 heterocycles. The fourth-order valence-electron chi connectivity index (χ4n) is 4.43. The van der Waals surface area contributed by atoms with E-state index in [1.807, 2.05) is 44.2 Å². The molecule has 4 rings (SSSR count). The maximum absolute atomic E-state index is 13.0. The molecule has 1 N–H and O–H groups in total. The average Bonchev–Trinajstić information content (AvgIpc) is 3.25. The Morgan fingerprint density at radius 2 is 1.81 bits per heavy atom. The number of nitrogens with zero attached hydrogens (tertiary/aromatic N) is 2. The number of fused-ring (bicyclic) bond motifs is 1. The molecule has 0 radical (unpaired) electrons. The minimum atomic E-state index is -4.37. The molecule has 0 saturated carbocycles. The van der Waals surface area contributed by atoms with Crippen LogP contribution in [-0.2, 0) is 40.8 Å². The number of ether oxygens (including phenoxy) is 1. The first-order valence-corrected chi connectivity index (χ1v) is 14.2. The van der Waals surface area contributed by atoms with E-state index in [9.17, 15) is 17.8 Å². The molecule has 0 amide bonds. The molecular weight excluding hydrogens is 496 g/mol. The molecule has 0 aliphatic heterocycles. The molecular formula is C27H30N2O5S2. The van der Waals surface area contributed by atoms with E-state index in [-0.39, 0.29) is 16.4 Å². The Bertz CT molecular complexity index is 1590. The van der Waals surface area contributed by atoms with Gasteiger partial charge >= 0.3 is 10.1 Å². The van der Waals surface area contributed by atoms with Crippen molar-refractivity contribution in [1.82, 2.24) is 9.55 Å². The van der Waals surface area contributed by atoms with Gasteiger partial charge in [0.25, 0.3) is 5.56 Å². The van der Waals surface area contributed by atoms with Gasteiger partial charge in [-0.1, -0.05) is 32.0 Å². The zero-order valence-electron chi connectivity index (χ0n) is 20.9. The van der Waals surface area contributed by atoms with Crippen LogP contribution in [0.4, 0.5) is 0 Å². The van der Waals surface area contributed by atoms with E-state index in [1.54, 1.807) is 23.6 Å². The molecule has 36 heavy (non-hydrogen) atoms. The summed E-state index contributed by atoms with van der Waals surface area (Å²) >= 11 is 1.04. The highest BCUT2D eigenvalue weighted by molar-refractivity contribution is 7.88. The van der Waals surface area contributed by atoms with Crippen molar-refractivity contribution in [2.75, 3.05) is 6.61 Å². The number of pyridine rings is 2. The molecule has 0 bridgehead atoms. The van der Waals surface area contributed by atoms with E-state index in [2.05, 4.69) is 6.92 Å². The van der Waals surface area contributed by atoms with Crippen LogP contribution in [0.1, 0.15) is 48.2 Å². The summed E-state index contributed by atoms with van der Waals surface area (Å²) in [6.07, 6.45) is 1.54. The fraction of sp³-hybridized carbons (Fsp3) is 0.333. The van der Waals surface area contributed by atoms with Crippen molar-refractivity contribution in [2.45, 2.75) is 57.9 Å². The lowest BCUT2D eigenvalue weighted by Gasteiger charge is -2.16. The van der Waals surface area contributed by atoms with E-state index < -0.39 is 10.1 Å². The third-order valence-corrected chi connectivity index (χ3v) is 8.55. The zero-order chi connectivity index (χ0) is 26.0. The normalized spacial score (nSPS) is 11.9. The smallest absolute Gasteiger partial charge is 0.304 e. The highest BCUT2D eigenvalue weighted by Gasteiger charge is 2.22. The standard InChI is InChI=1S/C27H30N2O5S2/c1-5-20-14-25-22(24(6-2)28-20)10-11-26(30)29(25)15-18-8-9-21(19(13-18)16-34-7-3)23-12-17(4)35-27(23)36(31,32)33/h8-14H,5-7,15-16H2,1-4H3,(H,31,32,33). The summed E-state index contributed by atoms with van der Waals surface area (Å²) in [7, 11) is -4.37. The second-order valence-corrected chi connectivity index (χ2v) is 11.5. The average molecular weight is 527 g/mol. The Morgan fingerprint density at radius 1 is 1.03 bits per heavy atom. The molecule has 0 atom stereocenters. The lowest BCUT2D eigenvalue weighted by molar-refractivity contribution is 0.134. The molecule has 0 saturated heterocycles. The number of aromatic nitrogens is 2. The third kappa shape index (κ3) is 5.29. The van der Waals surface area contributed by atoms with Gasteiger partial charge in [-0.05, 0) is 61.6 Å². The largest absolute Gasteiger partial charge is 0.377 e. The highest BCUT2D eigenvalue weighted by Crippen LogP contribution is 2.37. The Balaban J connectivity index is 1.85. The van der Waals surface area contributed by atoms with Crippen molar-refractivity contribution in [1.29, 1.82) is 0 Å². The lowest BCUT2D eigenvalue weighted by Crippen LogP contribution is -2.21. The van der Waals surface area contributed by atoms with Crippen LogP contribution in [0.5, 0.6) is 0 Å². The van der Waals surface area contributed by atoms with E-state index >= 15 is 0 Å². The number of aryl methyl sites for hydroxylation is 3. The predicted molar refractivity (Wildman–Crippen MR) is 143 cm³/mol. The molecule has 190 valence electrons. The van der Waals surface area contributed by atoms with Crippen molar-refractivity contribution in [3.63, 3.8) is 0 Å². The minimum Gasteiger partial charge on any atom is -0.377 e. The summed E-state index contributed by atoms with van der Waals surface area (Å²) in [4.78, 5) is 18.5. The van der Waals surface area contributed by atoms with Crippen molar-refractivity contribution in [2.24, 2.45) is 0 Å². The summed E-state index contributed by atoms with van der Waals surface area (Å²) in [5, 5.41) is 0.965. The number of hydrogen-bond donors (Lipinski definition) is 1. The number of hydrogen-bond acceptors (Lipinski definition) is 6. The van der Waals surface area contributed by atoms with E-state index in [4.69, 9.17) is 9.72 Å². The van der Waals surface area contributed by atoms with Crippen LogP contribution >= 0.6 is 11.3 Å². The summed E-state index contributed by atoms with van der Waals surface area (Å²) < 4.78 is 41.2. The summed E-state index contributed by atoms with van der Waals surface area (Å²) in [6.45, 7) is 8.91. The van der Waals surface area contributed by atoms with Crippen molar-refractivity contribution in [3.05, 3.63) is 80.2 Å². The van der Waals surface area contributed by atoms with Gasteiger partial charge in [-0.3, -0.25) is 14.3 Å². The van der Waals surface area contributed by atoms with Gasteiger partial charge in [-0.25, -0.2) is 0 Å². The van der Waals surface area contributed by atoms with E-state index in [1.165, 1.54) is 0 Å².